The first-order valence-corrected chi connectivity index (χ1v) is 8.03. The maximum absolute atomic E-state index is 5.73. The van der Waals surface area contributed by atoms with E-state index in [4.69, 9.17) is 4.74 Å². The quantitative estimate of drug-likeness (QED) is 0.829. The number of hydrogen-bond donors (Lipinski definition) is 1. The molecule has 0 bridgehead atoms. The lowest BCUT2D eigenvalue weighted by atomic mass is 9.69. The van der Waals surface area contributed by atoms with E-state index in [2.05, 4.69) is 38.2 Å². The lowest BCUT2D eigenvalue weighted by Crippen LogP contribution is -2.49. The molecule has 2 fully saturated rings. The van der Waals surface area contributed by atoms with E-state index in [0.717, 1.165) is 19.1 Å². The molecule has 112 valence electrons. The Morgan fingerprint density at radius 2 is 2.11 bits per heavy atom. The van der Waals surface area contributed by atoms with Crippen molar-refractivity contribution in [1.82, 2.24) is 10.2 Å². The summed E-state index contributed by atoms with van der Waals surface area (Å²) in [6, 6.07) is 0.617. The number of rotatable bonds is 5. The van der Waals surface area contributed by atoms with Crippen LogP contribution in [0.3, 0.4) is 0 Å². The first-order valence-electron chi connectivity index (χ1n) is 8.03. The van der Waals surface area contributed by atoms with Gasteiger partial charge in [-0.05, 0) is 51.6 Å². The second-order valence-corrected chi connectivity index (χ2v) is 7.08. The smallest absolute Gasteiger partial charge is 0.0702 e. The fraction of sp³-hybridized carbons (Fsp3) is 1.00. The standard InChI is InChI=1S/C16H32N2O/c1-13-6-5-8-16(10-13,11-17-3)12-18(4)15-7-9-19-14(15)2/h13-15,17H,5-12H2,1-4H3. The van der Waals surface area contributed by atoms with Gasteiger partial charge in [0.15, 0.2) is 0 Å². The van der Waals surface area contributed by atoms with Crippen LogP contribution in [0.25, 0.3) is 0 Å². The summed E-state index contributed by atoms with van der Waals surface area (Å²) in [7, 11) is 4.40. The third kappa shape index (κ3) is 3.71. The number of likely N-dealkylation sites (N-methyl/N-ethyl adjacent to an activating group) is 1. The lowest BCUT2D eigenvalue weighted by Gasteiger charge is -2.44. The van der Waals surface area contributed by atoms with Crippen molar-refractivity contribution in [1.29, 1.82) is 0 Å². The zero-order valence-electron chi connectivity index (χ0n) is 13.2. The van der Waals surface area contributed by atoms with Gasteiger partial charge in [-0.25, -0.2) is 0 Å². The van der Waals surface area contributed by atoms with E-state index in [-0.39, 0.29) is 0 Å². The van der Waals surface area contributed by atoms with Gasteiger partial charge < -0.3 is 15.0 Å². The van der Waals surface area contributed by atoms with Crippen molar-refractivity contribution in [2.24, 2.45) is 11.3 Å². The molecule has 1 saturated heterocycles. The summed E-state index contributed by atoms with van der Waals surface area (Å²) in [5.41, 5.74) is 0.476. The van der Waals surface area contributed by atoms with Crippen LogP contribution in [0.2, 0.25) is 0 Å². The van der Waals surface area contributed by atoms with Gasteiger partial charge >= 0.3 is 0 Å². The molecule has 3 nitrogen and oxygen atoms in total. The van der Waals surface area contributed by atoms with Gasteiger partial charge in [-0.2, -0.15) is 0 Å². The summed E-state index contributed by atoms with van der Waals surface area (Å²) >= 11 is 0. The lowest BCUT2D eigenvalue weighted by molar-refractivity contribution is 0.0423. The van der Waals surface area contributed by atoms with Crippen LogP contribution >= 0.6 is 0 Å². The molecule has 0 amide bonds. The van der Waals surface area contributed by atoms with Gasteiger partial charge in [0, 0.05) is 25.7 Å². The Morgan fingerprint density at radius 3 is 2.68 bits per heavy atom. The highest BCUT2D eigenvalue weighted by atomic mass is 16.5. The van der Waals surface area contributed by atoms with Gasteiger partial charge in [-0.3, -0.25) is 0 Å². The molecule has 0 aromatic rings. The summed E-state index contributed by atoms with van der Waals surface area (Å²) < 4.78 is 5.73. The Morgan fingerprint density at radius 1 is 1.32 bits per heavy atom. The molecule has 2 aliphatic rings. The molecular formula is C16H32N2O. The molecule has 2 rings (SSSR count). The highest BCUT2D eigenvalue weighted by Crippen LogP contribution is 2.40. The number of hydrogen-bond acceptors (Lipinski definition) is 3. The predicted molar refractivity (Wildman–Crippen MR) is 80.4 cm³/mol. The summed E-state index contributed by atoms with van der Waals surface area (Å²) in [5, 5.41) is 3.45. The molecule has 0 radical (unpaired) electrons. The van der Waals surface area contributed by atoms with Crippen molar-refractivity contribution < 1.29 is 4.74 Å². The molecule has 0 aromatic heterocycles. The number of ether oxygens (including phenoxy) is 1. The van der Waals surface area contributed by atoms with Gasteiger partial charge in [0.1, 0.15) is 0 Å². The average molecular weight is 268 g/mol. The molecule has 1 heterocycles. The van der Waals surface area contributed by atoms with Crippen LogP contribution < -0.4 is 5.32 Å². The second kappa shape index (κ2) is 6.55. The molecule has 3 heteroatoms. The topological polar surface area (TPSA) is 24.5 Å². The zero-order valence-corrected chi connectivity index (χ0v) is 13.2. The molecule has 4 unspecified atom stereocenters. The maximum atomic E-state index is 5.73. The Kier molecular flexibility index (Phi) is 5.27. The molecule has 0 spiro atoms. The Labute approximate surface area is 119 Å². The molecule has 1 aliphatic carbocycles. The largest absolute Gasteiger partial charge is 0.377 e. The molecule has 0 aromatic carbocycles. The van der Waals surface area contributed by atoms with Crippen molar-refractivity contribution in [2.45, 2.75) is 58.1 Å². The van der Waals surface area contributed by atoms with Gasteiger partial charge in [-0.1, -0.05) is 19.8 Å². The van der Waals surface area contributed by atoms with Crippen LogP contribution in [-0.2, 0) is 4.74 Å². The Balaban J connectivity index is 1.99. The summed E-state index contributed by atoms with van der Waals surface area (Å²) in [5.74, 6) is 0.882. The van der Waals surface area contributed by atoms with E-state index in [1.807, 2.05) is 0 Å². The summed E-state index contributed by atoms with van der Waals surface area (Å²) in [6.07, 6.45) is 7.16. The van der Waals surface area contributed by atoms with Crippen LogP contribution in [0.5, 0.6) is 0 Å². The monoisotopic (exact) mass is 268 g/mol. The fourth-order valence-corrected chi connectivity index (χ4v) is 4.45. The number of nitrogens with zero attached hydrogens (tertiary/aromatic N) is 1. The maximum Gasteiger partial charge on any atom is 0.0702 e. The van der Waals surface area contributed by atoms with Crippen LogP contribution in [0.4, 0.5) is 0 Å². The van der Waals surface area contributed by atoms with Gasteiger partial charge in [0.2, 0.25) is 0 Å². The van der Waals surface area contributed by atoms with Crippen molar-refractivity contribution in [3.05, 3.63) is 0 Å². The Bertz CT molecular complexity index is 280. The number of nitrogens with one attached hydrogen (secondary N) is 1. The fourth-order valence-electron chi connectivity index (χ4n) is 4.45. The average Bonchev–Trinajstić information content (AvgIpc) is 2.75. The van der Waals surface area contributed by atoms with Crippen LogP contribution in [-0.4, -0.2) is 50.8 Å². The minimum atomic E-state index is 0.401. The summed E-state index contributed by atoms with van der Waals surface area (Å²) in [6.45, 7) is 7.96. The van der Waals surface area contributed by atoms with Gasteiger partial charge in [0.05, 0.1) is 6.10 Å². The van der Waals surface area contributed by atoms with Crippen LogP contribution in [0.1, 0.15) is 46.0 Å². The predicted octanol–water partition coefficient (Wildman–Crippen LogP) is 2.51. The normalized spacial score (nSPS) is 39.9. The molecular weight excluding hydrogens is 236 g/mol. The van der Waals surface area contributed by atoms with Crippen molar-refractivity contribution >= 4 is 0 Å². The SMILES string of the molecule is CNCC1(CN(C)C2CCOC2C)CCCC(C)C1. The van der Waals surface area contributed by atoms with E-state index in [9.17, 15) is 0 Å². The second-order valence-electron chi connectivity index (χ2n) is 7.08. The van der Waals surface area contributed by atoms with E-state index >= 15 is 0 Å². The van der Waals surface area contributed by atoms with Gasteiger partial charge in [-0.15, -0.1) is 0 Å². The van der Waals surface area contributed by atoms with E-state index in [1.165, 1.54) is 38.6 Å². The van der Waals surface area contributed by atoms with Crippen LogP contribution in [0, 0.1) is 11.3 Å². The molecule has 19 heavy (non-hydrogen) atoms. The van der Waals surface area contributed by atoms with E-state index in [0.29, 0.717) is 17.6 Å². The minimum Gasteiger partial charge on any atom is -0.377 e. The van der Waals surface area contributed by atoms with Crippen molar-refractivity contribution in [3.63, 3.8) is 0 Å². The highest BCUT2D eigenvalue weighted by Gasteiger charge is 2.38. The first-order chi connectivity index (χ1) is 9.06. The third-order valence-corrected chi connectivity index (χ3v) is 5.22. The Hall–Kier alpha value is -0.120. The zero-order chi connectivity index (χ0) is 13.9. The van der Waals surface area contributed by atoms with E-state index in [1.54, 1.807) is 0 Å². The van der Waals surface area contributed by atoms with Crippen molar-refractivity contribution in [3.8, 4) is 0 Å². The van der Waals surface area contributed by atoms with Crippen LogP contribution in [0.15, 0.2) is 0 Å². The van der Waals surface area contributed by atoms with E-state index < -0.39 is 0 Å². The van der Waals surface area contributed by atoms with Crippen molar-refractivity contribution in [2.75, 3.05) is 33.8 Å². The summed E-state index contributed by atoms with van der Waals surface area (Å²) in [4.78, 5) is 2.58. The molecule has 4 atom stereocenters. The molecule has 1 aliphatic heterocycles. The molecule has 1 N–H and O–H groups in total. The first kappa shape index (κ1) is 15.3. The molecule has 1 saturated carbocycles. The minimum absolute atomic E-state index is 0.401. The highest BCUT2D eigenvalue weighted by molar-refractivity contribution is 4.92. The van der Waals surface area contributed by atoms with Gasteiger partial charge in [0.25, 0.3) is 0 Å². The third-order valence-electron chi connectivity index (χ3n) is 5.22.